The molecule has 0 fully saturated rings. The van der Waals surface area contributed by atoms with Crippen LogP contribution in [-0.4, -0.2) is 16.1 Å². The number of fused-ring (bicyclic) bond motifs is 1. The first kappa shape index (κ1) is 9.51. The van der Waals surface area contributed by atoms with E-state index in [9.17, 15) is 13.2 Å². The molecule has 2 heterocycles. The molecule has 0 radical (unpaired) electrons. The molecule has 78 valence electrons. The molecule has 14 heavy (non-hydrogen) atoms. The second kappa shape index (κ2) is 3.27. The normalized spacial score (nSPS) is 17.6. The van der Waals surface area contributed by atoms with E-state index in [4.69, 9.17) is 0 Å². The van der Waals surface area contributed by atoms with Gasteiger partial charge in [-0.3, -0.25) is 0 Å². The third-order valence-corrected chi connectivity index (χ3v) is 2.19. The van der Waals surface area contributed by atoms with Gasteiger partial charge in [0.2, 0.25) is 0 Å². The van der Waals surface area contributed by atoms with Crippen LogP contribution in [0.4, 0.5) is 13.2 Å². The number of halogens is 3. The minimum absolute atomic E-state index is 0.413. The number of rotatable bonds is 0. The van der Waals surface area contributed by atoms with E-state index in [1.165, 1.54) is 0 Å². The second-order valence-corrected chi connectivity index (χ2v) is 3.26. The molecule has 2 rings (SSSR count). The van der Waals surface area contributed by atoms with E-state index in [0.29, 0.717) is 18.9 Å². The Morgan fingerprint density at radius 1 is 1.43 bits per heavy atom. The highest BCUT2D eigenvalue weighted by molar-refractivity contribution is 5.08. The summed E-state index contributed by atoms with van der Waals surface area (Å²) in [7, 11) is 0. The van der Waals surface area contributed by atoms with Crippen LogP contribution in [0.15, 0.2) is 6.20 Å². The molecule has 1 aromatic rings. The van der Waals surface area contributed by atoms with E-state index in [1.807, 2.05) is 0 Å². The number of hydrogen-bond donors (Lipinski definition) is 1. The van der Waals surface area contributed by atoms with Crippen LogP contribution in [0.25, 0.3) is 0 Å². The van der Waals surface area contributed by atoms with Crippen LogP contribution in [0.2, 0.25) is 0 Å². The van der Waals surface area contributed by atoms with Crippen molar-refractivity contribution in [2.24, 2.45) is 0 Å². The minimum atomic E-state index is -4.33. The number of nitrogens with one attached hydrogen (secondary N) is 1. The SMILES string of the molecule is FC(F)(F)c1cn2c(n1)CNCCC2. The molecule has 0 aromatic carbocycles. The summed E-state index contributed by atoms with van der Waals surface area (Å²) in [5.74, 6) is 0.467. The molecule has 0 atom stereocenters. The van der Waals surface area contributed by atoms with Crippen molar-refractivity contribution in [1.82, 2.24) is 14.9 Å². The Morgan fingerprint density at radius 2 is 2.21 bits per heavy atom. The number of nitrogens with zero attached hydrogens (tertiary/aromatic N) is 2. The largest absolute Gasteiger partial charge is 0.434 e. The van der Waals surface area contributed by atoms with Gasteiger partial charge in [0.15, 0.2) is 5.69 Å². The van der Waals surface area contributed by atoms with Crippen molar-refractivity contribution in [2.75, 3.05) is 6.54 Å². The van der Waals surface area contributed by atoms with E-state index >= 15 is 0 Å². The van der Waals surface area contributed by atoms with Crippen molar-refractivity contribution in [3.8, 4) is 0 Å². The first-order chi connectivity index (χ1) is 6.57. The van der Waals surface area contributed by atoms with Gasteiger partial charge in [-0.1, -0.05) is 0 Å². The van der Waals surface area contributed by atoms with Crippen LogP contribution in [0, 0.1) is 0 Å². The molecule has 0 amide bonds. The first-order valence-corrected chi connectivity index (χ1v) is 4.41. The average Bonchev–Trinajstić information content (AvgIpc) is 2.38. The Morgan fingerprint density at radius 3 is 2.93 bits per heavy atom. The monoisotopic (exact) mass is 205 g/mol. The summed E-state index contributed by atoms with van der Waals surface area (Å²) in [6.45, 7) is 1.84. The van der Waals surface area contributed by atoms with Gasteiger partial charge in [-0.15, -0.1) is 0 Å². The zero-order valence-electron chi connectivity index (χ0n) is 7.43. The molecule has 3 nitrogen and oxygen atoms in total. The summed E-state index contributed by atoms with van der Waals surface area (Å²) in [4.78, 5) is 3.56. The van der Waals surface area contributed by atoms with E-state index in [1.54, 1.807) is 4.57 Å². The minimum Gasteiger partial charge on any atom is -0.333 e. The highest BCUT2D eigenvalue weighted by Gasteiger charge is 2.34. The van der Waals surface area contributed by atoms with Gasteiger partial charge in [0.05, 0.1) is 6.54 Å². The zero-order valence-corrected chi connectivity index (χ0v) is 7.43. The average molecular weight is 205 g/mol. The van der Waals surface area contributed by atoms with Crippen LogP contribution in [0.1, 0.15) is 17.9 Å². The van der Waals surface area contributed by atoms with Crippen LogP contribution >= 0.6 is 0 Å². The van der Waals surface area contributed by atoms with Crippen LogP contribution in [-0.2, 0) is 19.3 Å². The summed E-state index contributed by atoms with van der Waals surface area (Å²) in [5, 5.41) is 3.02. The molecule has 0 spiro atoms. The van der Waals surface area contributed by atoms with Crippen molar-refractivity contribution in [3.63, 3.8) is 0 Å². The molecule has 1 N–H and O–H groups in total. The molecule has 1 aliphatic heterocycles. The maximum Gasteiger partial charge on any atom is 0.434 e. The number of alkyl halides is 3. The topological polar surface area (TPSA) is 29.9 Å². The van der Waals surface area contributed by atoms with Gasteiger partial charge in [0, 0.05) is 12.7 Å². The number of aryl methyl sites for hydroxylation is 1. The smallest absolute Gasteiger partial charge is 0.333 e. The van der Waals surface area contributed by atoms with E-state index in [2.05, 4.69) is 10.3 Å². The lowest BCUT2D eigenvalue weighted by molar-refractivity contribution is -0.141. The lowest BCUT2D eigenvalue weighted by Gasteiger charge is -2.00. The molecule has 1 aromatic heterocycles. The predicted octanol–water partition coefficient (Wildman–Crippen LogP) is 1.40. The van der Waals surface area contributed by atoms with Gasteiger partial charge < -0.3 is 9.88 Å². The fraction of sp³-hybridized carbons (Fsp3) is 0.625. The van der Waals surface area contributed by atoms with Crippen LogP contribution in [0.5, 0.6) is 0 Å². The Bertz CT molecular complexity index is 306. The molecule has 6 heteroatoms. The fourth-order valence-electron chi connectivity index (χ4n) is 1.50. The molecular weight excluding hydrogens is 195 g/mol. The molecular formula is C8H10F3N3. The van der Waals surface area contributed by atoms with Gasteiger partial charge >= 0.3 is 6.18 Å². The summed E-state index contributed by atoms with van der Waals surface area (Å²) in [6.07, 6.45) is -2.41. The number of imidazole rings is 1. The summed E-state index contributed by atoms with van der Waals surface area (Å²) in [5.41, 5.74) is -0.795. The summed E-state index contributed by atoms with van der Waals surface area (Å²) >= 11 is 0. The van der Waals surface area contributed by atoms with Gasteiger partial charge in [-0.25, -0.2) is 4.98 Å². The first-order valence-electron chi connectivity index (χ1n) is 4.41. The van der Waals surface area contributed by atoms with E-state index in [0.717, 1.165) is 19.2 Å². The molecule has 0 bridgehead atoms. The Hall–Kier alpha value is -1.04. The van der Waals surface area contributed by atoms with Crippen LogP contribution in [0.3, 0.4) is 0 Å². The summed E-state index contributed by atoms with van der Waals surface area (Å²) < 4.78 is 38.4. The Kier molecular flexibility index (Phi) is 2.22. The van der Waals surface area contributed by atoms with Crippen molar-refractivity contribution in [2.45, 2.75) is 25.7 Å². The fourth-order valence-corrected chi connectivity index (χ4v) is 1.50. The maximum absolute atomic E-state index is 12.3. The van der Waals surface area contributed by atoms with Crippen molar-refractivity contribution in [1.29, 1.82) is 0 Å². The molecule has 0 aliphatic carbocycles. The third-order valence-electron chi connectivity index (χ3n) is 2.19. The standard InChI is InChI=1S/C8H10F3N3/c9-8(10,11)6-5-14-3-1-2-12-4-7(14)13-6/h5,12H,1-4H2. The van der Waals surface area contributed by atoms with Gasteiger partial charge in [-0.05, 0) is 13.0 Å². The lowest BCUT2D eigenvalue weighted by Crippen LogP contribution is -2.13. The predicted molar refractivity (Wildman–Crippen MR) is 43.6 cm³/mol. The molecule has 0 unspecified atom stereocenters. The quantitative estimate of drug-likeness (QED) is 0.693. The van der Waals surface area contributed by atoms with Crippen molar-refractivity contribution >= 4 is 0 Å². The van der Waals surface area contributed by atoms with Gasteiger partial charge in [0.1, 0.15) is 5.82 Å². The number of hydrogen-bond acceptors (Lipinski definition) is 2. The Labute approximate surface area is 78.9 Å². The van der Waals surface area contributed by atoms with Gasteiger partial charge in [-0.2, -0.15) is 13.2 Å². The third kappa shape index (κ3) is 1.75. The number of aromatic nitrogens is 2. The highest BCUT2D eigenvalue weighted by Crippen LogP contribution is 2.28. The lowest BCUT2D eigenvalue weighted by atomic mass is 10.4. The molecule has 0 saturated heterocycles. The van der Waals surface area contributed by atoms with Crippen molar-refractivity contribution < 1.29 is 13.2 Å². The summed E-state index contributed by atoms with van der Waals surface area (Å²) in [6, 6.07) is 0. The van der Waals surface area contributed by atoms with Gasteiger partial charge in [0.25, 0.3) is 0 Å². The van der Waals surface area contributed by atoms with Crippen LogP contribution < -0.4 is 5.32 Å². The highest BCUT2D eigenvalue weighted by atomic mass is 19.4. The Balaban J connectivity index is 2.31. The zero-order chi connectivity index (χ0) is 10.2. The molecule has 1 aliphatic rings. The van der Waals surface area contributed by atoms with Crippen molar-refractivity contribution in [3.05, 3.63) is 17.7 Å². The van der Waals surface area contributed by atoms with E-state index < -0.39 is 11.9 Å². The second-order valence-electron chi connectivity index (χ2n) is 3.26. The van der Waals surface area contributed by atoms with E-state index in [-0.39, 0.29) is 0 Å². The maximum atomic E-state index is 12.3. The molecule has 0 saturated carbocycles.